The number of carbonyl (C=O) groups excluding carboxylic acids is 1. The van der Waals surface area contributed by atoms with E-state index in [0.29, 0.717) is 24.3 Å². The molecule has 1 N–H and O–H groups in total. The van der Waals surface area contributed by atoms with Crippen LogP contribution in [0.5, 0.6) is 5.75 Å². The smallest absolute Gasteiger partial charge is 0.224 e. The normalized spacial score (nSPS) is 10.3. The van der Waals surface area contributed by atoms with Crippen LogP contribution in [0.2, 0.25) is 0 Å². The Morgan fingerprint density at radius 1 is 1.04 bits per heavy atom. The molecule has 3 rings (SSSR count). The Bertz CT molecular complexity index is 869. The number of hydrogen-bond acceptors (Lipinski definition) is 3. The van der Waals surface area contributed by atoms with Crippen LogP contribution in [0.25, 0.3) is 0 Å². The van der Waals surface area contributed by atoms with Gasteiger partial charge in [-0.2, -0.15) is 0 Å². The Morgan fingerprint density at radius 3 is 2.69 bits per heavy atom. The topological polar surface area (TPSA) is 51.2 Å². The van der Waals surface area contributed by atoms with Crippen molar-refractivity contribution in [3.63, 3.8) is 0 Å². The molecule has 0 aliphatic carbocycles. The monoisotopic (exact) mass is 350 g/mol. The lowest BCUT2D eigenvalue weighted by molar-refractivity contribution is -0.116. The molecule has 3 aromatic rings. The second-order valence-electron chi connectivity index (χ2n) is 5.86. The standard InChI is InChI=1S/C21H19FN2O2/c22-18-6-1-4-17(12-18)15-26-20-8-2-7-19(13-20)24-21(25)10-9-16-5-3-11-23-14-16/h1-8,11-14H,9-10,15H2,(H,24,25). The average molecular weight is 350 g/mol. The molecule has 0 saturated carbocycles. The number of benzene rings is 2. The summed E-state index contributed by atoms with van der Waals surface area (Å²) in [6.07, 6.45) is 4.47. The van der Waals surface area contributed by atoms with Crippen LogP contribution in [0.1, 0.15) is 17.5 Å². The molecule has 4 nitrogen and oxygen atoms in total. The quantitative estimate of drug-likeness (QED) is 0.688. The molecule has 0 fully saturated rings. The van der Waals surface area contributed by atoms with E-state index in [4.69, 9.17) is 4.74 Å². The van der Waals surface area contributed by atoms with E-state index >= 15 is 0 Å². The Labute approximate surface area is 151 Å². The highest BCUT2D eigenvalue weighted by Crippen LogP contribution is 2.19. The van der Waals surface area contributed by atoms with Crippen molar-refractivity contribution in [2.75, 3.05) is 5.32 Å². The predicted molar refractivity (Wildman–Crippen MR) is 98.4 cm³/mol. The van der Waals surface area contributed by atoms with Gasteiger partial charge in [0.25, 0.3) is 0 Å². The molecule has 0 bridgehead atoms. The number of hydrogen-bond donors (Lipinski definition) is 1. The third-order valence-corrected chi connectivity index (χ3v) is 3.78. The number of ether oxygens (including phenoxy) is 1. The van der Waals surface area contributed by atoms with E-state index in [2.05, 4.69) is 10.3 Å². The Balaban J connectivity index is 1.52. The number of amides is 1. The zero-order valence-electron chi connectivity index (χ0n) is 14.2. The molecule has 2 aromatic carbocycles. The van der Waals surface area contributed by atoms with E-state index in [1.807, 2.05) is 12.1 Å². The lowest BCUT2D eigenvalue weighted by Crippen LogP contribution is -2.12. The second-order valence-corrected chi connectivity index (χ2v) is 5.86. The third kappa shape index (κ3) is 5.41. The van der Waals surface area contributed by atoms with Gasteiger partial charge in [-0.1, -0.05) is 24.3 Å². The minimum atomic E-state index is -0.291. The maximum atomic E-state index is 13.2. The zero-order valence-corrected chi connectivity index (χ0v) is 14.2. The molecule has 26 heavy (non-hydrogen) atoms. The summed E-state index contributed by atoms with van der Waals surface area (Å²) in [5, 5.41) is 2.86. The summed E-state index contributed by atoms with van der Waals surface area (Å²) in [6, 6.07) is 17.2. The van der Waals surface area contributed by atoms with E-state index < -0.39 is 0 Å². The molecule has 132 valence electrons. The van der Waals surface area contributed by atoms with Gasteiger partial charge in [-0.25, -0.2) is 4.39 Å². The van der Waals surface area contributed by atoms with Crippen LogP contribution in [0.3, 0.4) is 0 Å². The van der Waals surface area contributed by atoms with Gasteiger partial charge in [0.2, 0.25) is 5.91 Å². The Morgan fingerprint density at radius 2 is 1.88 bits per heavy atom. The van der Waals surface area contributed by atoms with Gasteiger partial charge in [-0.05, 0) is 47.9 Å². The van der Waals surface area contributed by atoms with Gasteiger partial charge in [0.1, 0.15) is 18.2 Å². The first-order valence-corrected chi connectivity index (χ1v) is 8.35. The van der Waals surface area contributed by atoms with Crippen molar-refractivity contribution in [1.29, 1.82) is 0 Å². The summed E-state index contributed by atoms with van der Waals surface area (Å²) in [5.41, 5.74) is 2.43. The summed E-state index contributed by atoms with van der Waals surface area (Å²) in [7, 11) is 0. The van der Waals surface area contributed by atoms with Crippen molar-refractivity contribution in [1.82, 2.24) is 4.98 Å². The van der Waals surface area contributed by atoms with Crippen LogP contribution in [0, 0.1) is 5.82 Å². The van der Waals surface area contributed by atoms with Crippen LogP contribution < -0.4 is 10.1 Å². The SMILES string of the molecule is O=C(CCc1cccnc1)Nc1cccc(OCc2cccc(F)c2)c1. The number of aromatic nitrogens is 1. The fraction of sp³-hybridized carbons (Fsp3) is 0.143. The van der Waals surface area contributed by atoms with Crippen molar-refractivity contribution in [2.24, 2.45) is 0 Å². The van der Waals surface area contributed by atoms with Gasteiger partial charge < -0.3 is 10.1 Å². The number of nitrogens with one attached hydrogen (secondary N) is 1. The predicted octanol–water partition coefficient (Wildman–Crippen LogP) is 4.37. The molecule has 0 aliphatic rings. The van der Waals surface area contributed by atoms with Crippen molar-refractivity contribution in [3.8, 4) is 5.75 Å². The molecule has 1 amide bonds. The van der Waals surface area contributed by atoms with Crippen LogP contribution in [-0.2, 0) is 17.8 Å². The second kappa shape index (κ2) is 8.76. The minimum absolute atomic E-state index is 0.0730. The zero-order chi connectivity index (χ0) is 18.2. The molecule has 1 aromatic heterocycles. The summed E-state index contributed by atoms with van der Waals surface area (Å²) in [6.45, 7) is 0.260. The van der Waals surface area contributed by atoms with Gasteiger partial charge in [-0.3, -0.25) is 9.78 Å². The van der Waals surface area contributed by atoms with E-state index in [9.17, 15) is 9.18 Å². The summed E-state index contributed by atoms with van der Waals surface area (Å²) < 4.78 is 18.9. The highest BCUT2D eigenvalue weighted by molar-refractivity contribution is 5.91. The first-order valence-electron chi connectivity index (χ1n) is 8.35. The number of anilines is 1. The first-order chi connectivity index (χ1) is 12.7. The minimum Gasteiger partial charge on any atom is -0.489 e. The van der Waals surface area contributed by atoms with Gasteiger partial charge >= 0.3 is 0 Å². The number of aryl methyl sites for hydroxylation is 1. The molecular weight excluding hydrogens is 331 g/mol. The van der Waals surface area contributed by atoms with Crippen molar-refractivity contribution < 1.29 is 13.9 Å². The fourth-order valence-electron chi connectivity index (χ4n) is 2.48. The largest absolute Gasteiger partial charge is 0.489 e. The van der Waals surface area contributed by atoms with Gasteiger partial charge in [-0.15, -0.1) is 0 Å². The van der Waals surface area contributed by atoms with Gasteiger partial charge in [0.15, 0.2) is 0 Å². The van der Waals surface area contributed by atoms with E-state index in [-0.39, 0.29) is 18.3 Å². The fourth-order valence-corrected chi connectivity index (χ4v) is 2.48. The van der Waals surface area contributed by atoms with E-state index in [1.165, 1.54) is 12.1 Å². The Hall–Kier alpha value is -3.21. The molecule has 0 aliphatic heterocycles. The molecule has 0 spiro atoms. The van der Waals surface area contributed by atoms with E-state index in [1.54, 1.807) is 48.8 Å². The summed E-state index contributed by atoms with van der Waals surface area (Å²) in [4.78, 5) is 16.1. The number of halogens is 1. The molecule has 0 unspecified atom stereocenters. The lowest BCUT2D eigenvalue weighted by atomic mass is 10.1. The molecule has 5 heteroatoms. The lowest BCUT2D eigenvalue weighted by Gasteiger charge is -2.09. The van der Waals surface area contributed by atoms with Crippen molar-refractivity contribution in [3.05, 3.63) is 90.0 Å². The summed E-state index contributed by atoms with van der Waals surface area (Å²) >= 11 is 0. The maximum Gasteiger partial charge on any atom is 0.224 e. The van der Waals surface area contributed by atoms with E-state index in [0.717, 1.165) is 11.1 Å². The highest BCUT2D eigenvalue weighted by Gasteiger charge is 2.05. The van der Waals surface area contributed by atoms with Crippen molar-refractivity contribution in [2.45, 2.75) is 19.4 Å². The summed E-state index contributed by atoms with van der Waals surface area (Å²) in [5.74, 6) is 0.246. The molecule has 0 saturated heterocycles. The van der Waals surface area contributed by atoms with Gasteiger partial charge in [0.05, 0.1) is 0 Å². The van der Waals surface area contributed by atoms with Crippen LogP contribution in [0.4, 0.5) is 10.1 Å². The maximum absolute atomic E-state index is 13.2. The average Bonchev–Trinajstić information content (AvgIpc) is 2.66. The van der Waals surface area contributed by atoms with Crippen molar-refractivity contribution >= 4 is 11.6 Å². The molecule has 0 atom stereocenters. The van der Waals surface area contributed by atoms with Crippen LogP contribution in [-0.4, -0.2) is 10.9 Å². The molecular formula is C21H19FN2O2. The number of nitrogens with zero attached hydrogens (tertiary/aromatic N) is 1. The molecule has 1 heterocycles. The van der Waals surface area contributed by atoms with Gasteiger partial charge in [0, 0.05) is 30.6 Å². The van der Waals surface area contributed by atoms with Crippen LogP contribution >= 0.6 is 0 Å². The molecule has 0 radical (unpaired) electrons. The third-order valence-electron chi connectivity index (χ3n) is 3.78. The highest BCUT2D eigenvalue weighted by atomic mass is 19.1. The number of rotatable bonds is 7. The first kappa shape index (κ1) is 17.6. The number of carbonyl (C=O) groups is 1. The van der Waals surface area contributed by atoms with Crippen LogP contribution in [0.15, 0.2) is 73.1 Å². The Kier molecular flexibility index (Phi) is 5.93. The number of pyridine rings is 1.